The van der Waals surface area contributed by atoms with Gasteiger partial charge in [0.1, 0.15) is 5.92 Å². The SMILES string of the molecule is CCN(CC)C(=O)C(Cc1ccc(C(=O)O)cc1)C(=O)NS(=O)(=O)C=Cc1ccccc1. The third-order valence-electron chi connectivity index (χ3n) is 4.81. The van der Waals surface area contributed by atoms with Gasteiger partial charge in [-0.05, 0) is 49.6 Å². The second-order valence-corrected chi connectivity index (χ2v) is 8.56. The molecule has 0 radical (unpaired) electrons. The lowest BCUT2D eigenvalue weighted by Crippen LogP contribution is -2.45. The van der Waals surface area contributed by atoms with Crippen LogP contribution in [-0.4, -0.2) is 49.3 Å². The third kappa shape index (κ3) is 7.05. The Bertz CT molecular complexity index is 1080. The number of carboxylic acids is 1. The van der Waals surface area contributed by atoms with E-state index in [1.165, 1.54) is 35.2 Å². The first-order valence-electron chi connectivity index (χ1n) is 10.1. The molecule has 2 aromatic carbocycles. The van der Waals surface area contributed by atoms with Crippen LogP contribution < -0.4 is 4.72 Å². The van der Waals surface area contributed by atoms with Crippen LogP contribution >= 0.6 is 0 Å². The van der Waals surface area contributed by atoms with Crippen LogP contribution in [0.5, 0.6) is 0 Å². The summed E-state index contributed by atoms with van der Waals surface area (Å²) in [6.07, 6.45) is 1.28. The minimum Gasteiger partial charge on any atom is -0.478 e. The number of amides is 2. The first-order chi connectivity index (χ1) is 15.2. The fourth-order valence-corrected chi connectivity index (χ4v) is 3.87. The van der Waals surface area contributed by atoms with Crippen molar-refractivity contribution in [1.29, 1.82) is 0 Å². The highest BCUT2D eigenvalue weighted by atomic mass is 32.2. The van der Waals surface area contributed by atoms with E-state index in [2.05, 4.69) is 0 Å². The molecule has 2 rings (SSSR count). The van der Waals surface area contributed by atoms with E-state index in [0.29, 0.717) is 24.2 Å². The number of nitrogens with one attached hydrogen (secondary N) is 1. The van der Waals surface area contributed by atoms with Crippen LogP contribution in [0.4, 0.5) is 0 Å². The Morgan fingerprint density at radius 1 is 1.00 bits per heavy atom. The Kier molecular flexibility index (Phi) is 8.71. The Morgan fingerprint density at radius 3 is 2.12 bits per heavy atom. The van der Waals surface area contributed by atoms with Gasteiger partial charge in [0.25, 0.3) is 10.0 Å². The van der Waals surface area contributed by atoms with Gasteiger partial charge in [-0.3, -0.25) is 9.59 Å². The van der Waals surface area contributed by atoms with Gasteiger partial charge in [-0.15, -0.1) is 0 Å². The summed E-state index contributed by atoms with van der Waals surface area (Å²) in [6, 6.07) is 14.5. The zero-order chi connectivity index (χ0) is 23.7. The third-order valence-corrected chi connectivity index (χ3v) is 5.79. The quantitative estimate of drug-likeness (QED) is 0.528. The number of carbonyl (C=O) groups is 3. The first kappa shape index (κ1) is 24.8. The van der Waals surface area contributed by atoms with E-state index in [9.17, 15) is 22.8 Å². The normalized spacial score (nSPS) is 12.3. The molecule has 2 amide bonds. The lowest BCUT2D eigenvalue weighted by Gasteiger charge is -2.24. The van der Waals surface area contributed by atoms with Crippen molar-refractivity contribution in [3.8, 4) is 0 Å². The van der Waals surface area contributed by atoms with Crippen molar-refractivity contribution in [2.45, 2.75) is 20.3 Å². The minimum absolute atomic E-state index is 0.0680. The molecule has 2 N–H and O–H groups in total. The van der Waals surface area contributed by atoms with Gasteiger partial charge in [0.15, 0.2) is 0 Å². The summed E-state index contributed by atoms with van der Waals surface area (Å²) in [5.74, 6) is -3.83. The second-order valence-electron chi connectivity index (χ2n) is 6.99. The van der Waals surface area contributed by atoms with Gasteiger partial charge < -0.3 is 10.0 Å². The molecule has 9 heteroatoms. The van der Waals surface area contributed by atoms with Gasteiger partial charge >= 0.3 is 5.97 Å². The number of benzene rings is 2. The zero-order valence-electron chi connectivity index (χ0n) is 17.9. The maximum atomic E-state index is 12.9. The molecule has 0 aliphatic rings. The molecular weight excluding hydrogens is 432 g/mol. The molecule has 1 atom stereocenters. The molecule has 0 heterocycles. The summed E-state index contributed by atoms with van der Waals surface area (Å²) >= 11 is 0. The lowest BCUT2D eigenvalue weighted by molar-refractivity contribution is -0.141. The number of carboxylic acid groups (broad SMARTS) is 1. The zero-order valence-corrected chi connectivity index (χ0v) is 18.7. The summed E-state index contributed by atoms with van der Waals surface area (Å²) < 4.78 is 26.8. The molecule has 170 valence electrons. The number of hydrogen-bond acceptors (Lipinski definition) is 5. The summed E-state index contributed by atoms with van der Waals surface area (Å²) in [5.41, 5.74) is 1.24. The Hall–Kier alpha value is -3.46. The maximum absolute atomic E-state index is 12.9. The van der Waals surface area contributed by atoms with E-state index < -0.39 is 33.7 Å². The highest BCUT2D eigenvalue weighted by Crippen LogP contribution is 2.15. The average molecular weight is 459 g/mol. The molecule has 8 nitrogen and oxygen atoms in total. The topological polar surface area (TPSA) is 121 Å². The van der Waals surface area contributed by atoms with E-state index in [1.807, 2.05) is 4.72 Å². The summed E-state index contributed by atoms with van der Waals surface area (Å²) in [7, 11) is -4.14. The maximum Gasteiger partial charge on any atom is 0.335 e. The number of sulfonamides is 1. The largest absolute Gasteiger partial charge is 0.478 e. The molecule has 0 aliphatic carbocycles. The Balaban J connectivity index is 2.25. The standard InChI is InChI=1S/C23H26N2O6S/c1-3-25(4-2)22(27)20(16-18-10-12-19(13-11-18)23(28)29)21(26)24-32(30,31)15-14-17-8-6-5-7-9-17/h5-15,20H,3-4,16H2,1-2H3,(H,24,26)(H,28,29). The summed E-state index contributed by atoms with van der Waals surface area (Å²) in [4.78, 5) is 38.3. The van der Waals surface area contributed by atoms with Crippen LogP contribution in [0.3, 0.4) is 0 Å². The molecule has 0 aliphatic heterocycles. The van der Waals surface area contributed by atoms with Gasteiger partial charge in [-0.1, -0.05) is 42.5 Å². The number of hydrogen-bond donors (Lipinski definition) is 2. The van der Waals surface area contributed by atoms with E-state index in [1.54, 1.807) is 44.2 Å². The molecule has 0 fully saturated rings. The van der Waals surface area contributed by atoms with Crippen LogP contribution in [0.25, 0.3) is 6.08 Å². The molecule has 0 saturated heterocycles. The van der Waals surface area contributed by atoms with Gasteiger partial charge in [0, 0.05) is 13.1 Å². The molecular formula is C23H26N2O6S. The molecule has 32 heavy (non-hydrogen) atoms. The highest BCUT2D eigenvalue weighted by molar-refractivity contribution is 7.93. The van der Waals surface area contributed by atoms with E-state index in [4.69, 9.17) is 5.11 Å². The Morgan fingerprint density at radius 2 is 1.59 bits per heavy atom. The van der Waals surface area contributed by atoms with Gasteiger partial charge in [-0.2, -0.15) is 0 Å². The van der Waals surface area contributed by atoms with Crippen molar-refractivity contribution in [3.63, 3.8) is 0 Å². The second kappa shape index (κ2) is 11.2. The number of carbonyl (C=O) groups excluding carboxylic acids is 2. The minimum atomic E-state index is -4.14. The van der Waals surface area contributed by atoms with Crippen molar-refractivity contribution >= 4 is 33.9 Å². The van der Waals surface area contributed by atoms with E-state index >= 15 is 0 Å². The van der Waals surface area contributed by atoms with E-state index in [-0.39, 0.29) is 12.0 Å². The first-order valence-corrected chi connectivity index (χ1v) is 11.6. The predicted molar refractivity (Wildman–Crippen MR) is 121 cm³/mol. The molecule has 0 saturated carbocycles. The van der Waals surface area contributed by atoms with Crippen LogP contribution in [-0.2, 0) is 26.0 Å². The van der Waals surface area contributed by atoms with Crippen LogP contribution in [0, 0.1) is 5.92 Å². The summed E-state index contributed by atoms with van der Waals surface area (Å²) in [6.45, 7) is 4.24. The monoisotopic (exact) mass is 458 g/mol. The molecule has 2 aromatic rings. The van der Waals surface area contributed by atoms with Crippen molar-refractivity contribution in [2.24, 2.45) is 5.92 Å². The number of nitrogens with zero attached hydrogens (tertiary/aromatic N) is 1. The molecule has 0 bridgehead atoms. The molecule has 0 aromatic heterocycles. The fourth-order valence-electron chi connectivity index (χ4n) is 3.04. The van der Waals surface area contributed by atoms with Gasteiger partial charge in [0.2, 0.25) is 11.8 Å². The number of rotatable bonds is 10. The number of aromatic carboxylic acids is 1. The van der Waals surface area contributed by atoms with Crippen molar-refractivity contribution in [1.82, 2.24) is 9.62 Å². The Labute approximate surface area is 187 Å². The average Bonchev–Trinajstić information content (AvgIpc) is 2.77. The van der Waals surface area contributed by atoms with E-state index in [0.717, 1.165) is 5.41 Å². The van der Waals surface area contributed by atoms with Crippen molar-refractivity contribution in [3.05, 3.63) is 76.7 Å². The van der Waals surface area contributed by atoms with Crippen LogP contribution in [0.2, 0.25) is 0 Å². The predicted octanol–water partition coefficient (Wildman–Crippen LogP) is 2.53. The van der Waals surface area contributed by atoms with Gasteiger partial charge in [0.05, 0.1) is 11.0 Å². The van der Waals surface area contributed by atoms with Crippen molar-refractivity contribution < 1.29 is 27.9 Å². The lowest BCUT2D eigenvalue weighted by atomic mass is 9.96. The fraction of sp³-hybridized carbons (Fsp3) is 0.261. The van der Waals surface area contributed by atoms with Crippen LogP contribution in [0.15, 0.2) is 60.0 Å². The highest BCUT2D eigenvalue weighted by Gasteiger charge is 2.32. The smallest absolute Gasteiger partial charge is 0.335 e. The molecule has 0 spiro atoms. The van der Waals surface area contributed by atoms with Gasteiger partial charge in [-0.25, -0.2) is 17.9 Å². The summed E-state index contributed by atoms with van der Waals surface area (Å²) in [5, 5.41) is 9.91. The van der Waals surface area contributed by atoms with Crippen molar-refractivity contribution in [2.75, 3.05) is 13.1 Å². The van der Waals surface area contributed by atoms with Crippen LogP contribution in [0.1, 0.15) is 35.3 Å². The molecule has 1 unspecified atom stereocenters.